The number of nitrogens with one attached hydrogen (secondary N) is 3. The van der Waals surface area contributed by atoms with E-state index in [9.17, 15) is 32.8 Å². The molecule has 15 heteroatoms. The van der Waals surface area contributed by atoms with Crippen LogP contribution in [0.15, 0.2) is 18.2 Å². The zero-order chi connectivity index (χ0) is 41.9. The Bertz CT molecular complexity index is 1440. The third-order valence-electron chi connectivity index (χ3n) is 11.0. The predicted octanol–water partition coefficient (Wildman–Crippen LogP) is 3.58. The number of carbonyl (C=O) groups is 5. The van der Waals surface area contributed by atoms with Crippen molar-refractivity contribution in [3.05, 3.63) is 35.4 Å². The average molecular weight is 782 g/mol. The molecule has 55 heavy (non-hydrogen) atoms. The number of methoxy groups -OCH3 is 3. The van der Waals surface area contributed by atoms with Gasteiger partial charge in [-0.3, -0.25) is 24.0 Å². The fourth-order valence-corrected chi connectivity index (χ4v) is 7.56. The van der Waals surface area contributed by atoms with Crippen molar-refractivity contribution in [1.29, 1.82) is 0 Å². The van der Waals surface area contributed by atoms with Gasteiger partial charge in [-0.15, -0.1) is 0 Å². The molecule has 312 valence electrons. The predicted molar refractivity (Wildman–Crippen MR) is 205 cm³/mol. The minimum atomic E-state index is -1.11. The molecule has 1 aliphatic heterocycles. The van der Waals surface area contributed by atoms with E-state index in [4.69, 9.17) is 14.2 Å². The molecule has 1 unspecified atom stereocenters. The highest BCUT2D eigenvalue weighted by Gasteiger charge is 2.46. The molecule has 1 saturated heterocycles. The van der Waals surface area contributed by atoms with Crippen molar-refractivity contribution in [2.24, 2.45) is 23.7 Å². The standard InChI is InChI=1S/C40H65F2N5O8/c1-14-23(6)35(46(10)40(52)34(22(4)5)45-39(51)33(43-9)21(2)3)31(54-12)19-32(48)47-20-29(53-11)18-30(47)37(55-13)24(7)38(50)44-25(8)36(49)26-15-27(41)17-28(42)16-26/h15-17,21-25,29-31,33-35,37,43H,14,18-20H2,1-13H3,(H,44,50)(H,45,51)/t23-,24+,25-,29+,30?,31+,33-,34-,35-,37+/m0/s1. The van der Waals surface area contributed by atoms with Gasteiger partial charge >= 0.3 is 0 Å². The second-order valence-electron chi connectivity index (χ2n) is 15.5. The van der Waals surface area contributed by atoms with E-state index in [0.717, 1.165) is 12.1 Å². The fraction of sp³-hybridized carbons (Fsp3) is 0.725. The molecule has 1 heterocycles. The first-order chi connectivity index (χ1) is 25.8. The molecule has 0 radical (unpaired) electrons. The van der Waals surface area contributed by atoms with Crippen molar-refractivity contribution >= 4 is 29.4 Å². The lowest BCUT2D eigenvalue weighted by molar-refractivity contribution is -0.148. The number of benzene rings is 1. The number of carbonyl (C=O) groups excluding carboxylic acids is 5. The minimum absolute atomic E-state index is 0.00347. The van der Waals surface area contributed by atoms with Crippen molar-refractivity contribution in [2.45, 2.75) is 123 Å². The van der Waals surface area contributed by atoms with E-state index in [1.165, 1.54) is 28.3 Å². The molecule has 10 atom stereocenters. The van der Waals surface area contributed by atoms with Crippen LogP contribution in [0.2, 0.25) is 0 Å². The Morgan fingerprint density at radius 2 is 1.45 bits per heavy atom. The number of amides is 4. The summed E-state index contributed by atoms with van der Waals surface area (Å²) in [6.07, 6.45) is -0.976. The number of likely N-dealkylation sites (tertiary alicyclic amines) is 1. The lowest BCUT2D eigenvalue weighted by Crippen LogP contribution is -2.59. The summed E-state index contributed by atoms with van der Waals surface area (Å²) in [7, 11) is 7.85. The zero-order valence-corrected chi connectivity index (χ0v) is 34.9. The van der Waals surface area contributed by atoms with Crippen LogP contribution in [0.25, 0.3) is 0 Å². The monoisotopic (exact) mass is 781 g/mol. The third-order valence-corrected chi connectivity index (χ3v) is 11.0. The zero-order valence-electron chi connectivity index (χ0n) is 34.9. The lowest BCUT2D eigenvalue weighted by atomic mass is 9.89. The average Bonchev–Trinajstić information content (AvgIpc) is 3.56. The highest BCUT2D eigenvalue weighted by molar-refractivity contribution is 6.01. The number of likely N-dealkylation sites (N-methyl/N-ethyl adjacent to an activating group) is 2. The first-order valence-electron chi connectivity index (χ1n) is 19.2. The largest absolute Gasteiger partial charge is 0.380 e. The summed E-state index contributed by atoms with van der Waals surface area (Å²) in [5.74, 6) is -5.10. The van der Waals surface area contributed by atoms with Gasteiger partial charge < -0.3 is 40.0 Å². The molecule has 0 aromatic heterocycles. The third kappa shape index (κ3) is 12.2. The van der Waals surface area contributed by atoms with Gasteiger partial charge in [0.2, 0.25) is 23.6 Å². The molecule has 4 amide bonds. The van der Waals surface area contributed by atoms with E-state index in [0.29, 0.717) is 18.9 Å². The van der Waals surface area contributed by atoms with Gasteiger partial charge in [-0.25, -0.2) is 8.78 Å². The van der Waals surface area contributed by atoms with E-state index < -0.39 is 71.7 Å². The summed E-state index contributed by atoms with van der Waals surface area (Å²) in [6, 6.07) is -1.09. The van der Waals surface area contributed by atoms with E-state index in [2.05, 4.69) is 16.0 Å². The van der Waals surface area contributed by atoms with Crippen LogP contribution in [0.5, 0.6) is 0 Å². The number of halogens is 2. The van der Waals surface area contributed by atoms with Crippen molar-refractivity contribution in [3.63, 3.8) is 0 Å². The Morgan fingerprint density at radius 1 is 0.873 bits per heavy atom. The number of ketones is 1. The Morgan fingerprint density at radius 3 is 1.93 bits per heavy atom. The normalized spacial score (nSPS) is 20.3. The van der Waals surface area contributed by atoms with Crippen molar-refractivity contribution < 1.29 is 47.0 Å². The maximum Gasteiger partial charge on any atom is 0.245 e. The van der Waals surface area contributed by atoms with Gasteiger partial charge in [0, 0.05) is 46.6 Å². The quantitative estimate of drug-likeness (QED) is 0.159. The molecule has 1 aromatic rings. The SMILES string of the molecule is CC[C@H](C)[C@@H]([C@@H](CC(=O)N1C[C@H](OC)CC1[C@H](OC)[C@@H](C)C(=O)N[C@@H](C)C(=O)c1cc(F)cc(F)c1)OC)N(C)C(=O)[C@@H](NC(=O)[C@@H](NC)C(C)C)C(C)C. The summed E-state index contributed by atoms with van der Waals surface area (Å²) in [5.41, 5.74) is -0.217. The van der Waals surface area contributed by atoms with Gasteiger partial charge in [0.1, 0.15) is 17.7 Å². The maximum atomic E-state index is 14.3. The number of Topliss-reactive ketones (excluding diaryl/α,β-unsaturated/α-hetero) is 1. The van der Waals surface area contributed by atoms with Crippen LogP contribution in [-0.2, 0) is 33.4 Å². The molecule has 0 aliphatic carbocycles. The van der Waals surface area contributed by atoms with Gasteiger partial charge in [-0.05, 0) is 50.3 Å². The molecule has 1 fully saturated rings. The van der Waals surface area contributed by atoms with Crippen LogP contribution in [0.1, 0.15) is 85.0 Å². The smallest absolute Gasteiger partial charge is 0.245 e. The molecule has 1 aliphatic rings. The number of nitrogens with zero attached hydrogens (tertiary/aromatic N) is 2. The molecule has 3 N–H and O–H groups in total. The topological polar surface area (TPSA) is 156 Å². The van der Waals surface area contributed by atoms with Gasteiger partial charge in [-0.2, -0.15) is 0 Å². The Hall–Kier alpha value is -3.53. The number of hydrogen-bond donors (Lipinski definition) is 3. The second-order valence-corrected chi connectivity index (χ2v) is 15.5. The summed E-state index contributed by atoms with van der Waals surface area (Å²) in [6.45, 7) is 14.8. The number of hydrogen-bond acceptors (Lipinski definition) is 9. The first-order valence-corrected chi connectivity index (χ1v) is 19.2. The fourth-order valence-electron chi connectivity index (χ4n) is 7.56. The van der Waals surface area contributed by atoms with Crippen LogP contribution >= 0.6 is 0 Å². The maximum absolute atomic E-state index is 14.3. The van der Waals surface area contributed by atoms with E-state index in [-0.39, 0.29) is 60.1 Å². The van der Waals surface area contributed by atoms with E-state index in [1.807, 2.05) is 41.5 Å². The molecular weight excluding hydrogens is 716 g/mol. The number of rotatable bonds is 21. The molecule has 13 nitrogen and oxygen atoms in total. The van der Waals surface area contributed by atoms with E-state index >= 15 is 0 Å². The summed E-state index contributed by atoms with van der Waals surface area (Å²) in [4.78, 5) is 71.4. The second kappa shape index (κ2) is 21.7. The molecule has 0 bridgehead atoms. The Labute approximate surface area is 325 Å². The van der Waals surface area contributed by atoms with Crippen LogP contribution in [0, 0.1) is 35.3 Å². The van der Waals surface area contributed by atoms with Gasteiger partial charge in [-0.1, -0.05) is 54.9 Å². The highest BCUT2D eigenvalue weighted by atomic mass is 19.1. The molecule has 0 spiro atoms. The molecular formula is C40H65F2N5O8. The van der Waals surface area contributed by atoms with E-state index in [1.54, 1.807) is 30.8 Å². The highest BCUT2D eigenvalue weighted by Crippen LogP contribution is 2.31. The summed E-state index contributed by atoms with van der Waals surface area (Å²) in [5, 5.41) is 8.60. The van der Waals surface area contributed by atoms with Crippen molar-refractivity contribution in [3.8, 4) is 0 Å². The number of ether oxygens (including phenoxy) is 3. The van der Waals surface area contributed by atoms with Gasteiger partial charge in [0.25, 0.3) is 0 Å². The molecule has 0 saturated carbocycles. The van der Waals surface area contributed by atoms with Crippen LogP contribution in [0.3, 0.4) is 0 Å². The van der Waals surface area contributed by atoms with Gasteiger partial charge in [0.05, 0.1) is 54.8 Å². The van der Waals surface area contributed by atoms with Crippen LogP contribution < -0.4 is 16.0 Å². The summed E-state index contributed by atoms with van der Waals surface area (Å²) < 4.78 is 45.1. The van der Waals surface area contributed by atoms with Crippen LogP contribution in [-0.4, -0.2) is 130 Å². The first kappa shape index (κ1) is 47.6. The minimum Gasteiger partial charge on any atom is -0.380 e. The molecule has 1 aromatic carbocycles. The van der Waals surface area contributed by atoms with Crippen molar-refractivity contribution in [1.82, 2.24) is 25.8 Å². The molecule has 2 rings (SSSR count). The lowest BCUT2D eigenvalue weighted by Gasteiger charge is -2.41. The van der Waals surface area contributed by atoms with Gasteiger partial charge in [0.15, 0.2) is 5.78 Å². The van der Waals surface area contributed by atoms with Crippen molar-refractivity contribution in [2.75, 3.05) is 42.0 Å². The summed E-state index contributed by atoms with van der Waals surface area (Å²) >= 11 is 0. The van der Waals surface area contributed by atoms with Crippen LogP contribution in [0.4, 0.5) is 8.78 Å². The Balaban J connectivity index is 2.33. The Kier molecular flexibility index (Phi) is 18.8.